The number of halogens is 1. The van der Waals surface area contributed by atoms with Gasteiger partial charge in [-0.3, -0.25) is 0 Å². The summed E-state index contributed by atoms with van der Waals surface area (Å²) < 4.78 is 17.2. The van der Waals surface area contributed by atoms with E-state index in [9.17, 15) is 4.39 Å². The van der Waals surface area contributed by atoms with Crippen LogP contribution in [-0.2, 0) is 4.74 Å². The topological polar surface area (TPSA) is 9.23 Å². The summed E-state index contributed by atoms with van der Waals surface area (Å²) in [5, 5.41) is 0. The SMILES string of the molecule is CCC(F)=COC1CC1. The monoisotopic (exact) mass is 130 g/mol. The maximum atomic E-state index is 12.3. The summed E-state index contributed by atoms with van der Waals surface area (Å²) in [7, 11) is 0. The smallest absolute Gasteiger partial charge is 0.134 e. The molecule has 0 aliphatic heterocycles. The van der Waals surface area contributed by atoms with Crippen molar-refractivity contribution < 1.29 is 9.13 Å². The molecule has 0 aromatic heterocycles. The first-order chi connectivity index (χ1) is 4.33. The summed E-state index contributed by atoms with van der Waals surface area (Å²) in [4.78, 5) is 0. The predicted octanol–water partition coefficient (Wildman–Crippen LogP) is 2.39. The molecule has 0 bridgehead atoms. The summed E-state index contributed by atoms with van der Waals surface area (Å²) in [6.07, 6.45) is 4.17. The number of allylic oxidation sites excluding steroid dienone is 1. The fourth-order valence-corrected chi connectivity index (χ4v) is 0.458. The van der Waals surface area contributed by atoms with E-state index in [0.29, 0.717) is 12.5 Å². The largest absolute Gasteiger partial charge is 0.495 e. The van der Waals surface area contributed by atoms with Gasteiger partial charge >= 0.3 is 0 Å². The summed E-state index contributed by atoms with van der Waals surface area (Å²) in [6, 6.07) is 0. The fourth-order valence-electron chi connectivity index (χ4n) is 0.458. The van der Waals surface area contributed by atoms with Crippen molar-refractivity contribution in [1.29, 1.82) is 0 Å². The van der Waals surface area contributed by atoms with Crippen molar-refractivity contribution in [3.8, 4) is 0 Å². The predicted molar refractivity (Wildman–Crippen MR) is 33.6 cm³/mol. The van der Waals surface area contributed by atoms with Crippen LogP contribution >= 0.6 is 0 Å². The number of hydrogen-bond acceptors (Lipinski definition) is 1. The van der Waals surface area contributed by atoms with Gasteiger partial charge in [0.25, 0.3) is 0 Å². The van der Waals surface area contributed by atoms with Crippen LogP contribution in [0.3, 0.4) is 0 Å². The molecular weight excluding hydrogens is 119 g/mol. The molecule has 1 fully saturated rings. The molecule has 0 aromatic rings. The lowest BCUT2D eigenvalue weighted by Crippen LogP contribution is -1.83. The van der Waals surface area contributed by atoms with Gasteiger partial charge in [-0.25, -0.2) is 4.39 Å². The van der Waals surface area contributed by atoms with Crippen LogP contribution in [0.15, 0.2) is 12.1 Å². The van der Waals surface area contributed by atoms with Crippen molar-refractivity contribution >= 4 is 0 Å². The van der Waals surface area contributed by atoms with Crippen molar-refractivity contribution in [2.24, 2.45) is 0 Å². The van der Waals surface area contributed by atoms with Gasteiger partial charge < -0.3 is 4.74 Å². The van der Waals surface area contributed by atoms with E-state index in [0.717, 1.165) is 12.8 Å². The fraction of sp³-hybridized carbons (Fsp3) is 0.714. The summed E-state index contributed by atoms with van der Waals surface area (Å²) in [5.41, 5.74) is 0. The van der Waals surface area contributed by atoms with Crippen LogP contribution < -0.4 is 0 Å². The lowest BCUT2D eigenvalue weighted by molar-refractivity contribution is 0.223. The maximum absolute atomic E-state index is 12.3. The standard InChI is InChI=1S/C7H11FO/c1-2-6(8)5-9-7-3-4-7/h5,7H,2-4H2,1H3. The van der Waals surface area contributed by atoms with E-state index in [4.69, 9.17) is 4.74 Å². The second-order valence-electron chi connectivity index (χ2n) is 2.25. The van der Waals surface area contributed by atoms with Crippen LogP contribution in [0.25, 0.3) is 0 Å². The van der Waals surface area contributed by atoms with E-state index >= 15 is 0 Å². The molecule has 0 aromatic carbocycles. The van der Waals surface area contributed by atoms with E-state index < -0.39 is 0 Å². The van der Waals surface area contributed by atoms with Crippen LogP contribution in [0.2, 0.25) is 0 Å². The molecule has 0 saturated heterocycles. The van der Waals surface area contributed by atoms with Gasteiger partial charge in [0, 0.05) is 0 Å². The van der Waals surface area contributed by atoms with Crippen LogP contribution in [0.4, 0.5) is 4.39 Å². The zero-order chi connectivity index (χ0) is 6.69. The van der Waals surface area contributed by atoms with Gasteiger partial charge in [-0.15, -0.1) is 0 Å². The Hall–Kier alpha value is -0.530. The number of rotatable bonds is 3. The van der Waals surface area contributed by atoms with Gasteiger partial charge in [0.2, 0.25) is 0 Å². The Balaban J connectivity index is 2.12. The molecule has 0 heterocycles. The molecule has 52 valence electrons. The third-order valence-corrected chi connectivity index (χ3v) is 1.25. The van der Waals surface area contributed by atoms with Crippen LogP contribution in [0, 0.1) is 0 Å². The number of ether oxygens (including phenoxy) is 1. The van der Waals surface area contributed by atoms with Crippen LogP contribution in [-0.4, -0.2) is 6.10 Å². The molecule has 0 radical (unpaired) electrons. The highest BCUT2D eigenvalue weighted by Gasteiger charge is 2.21. The minimum atomic E-state index is -0.165. The molecule has 2 heteroatoms. The third kappa shape index (κ3) is 2.49. The van der Waals surface area contributed by atoms with Crippen molar-refractivity contribution in [2.45, 2.75) is 32.3 Å². The average molecular weight is 130 g/mol. The average Bonchev–Trinajstić information content (AvgIpc) is 2.65. The molecule has 0 amide bonds. The van der Waals surface area contributed by atoms with E-state index in [1.54, 1.807) is 6.92 Å². The summed E-state index contributed by atoms with van der Waals surface area (Å²) in [6.45, 7) is 1.77. The van der Waals surface area contributed by atoms with E-state index in [1.165, 1.54) is 6.26 Å². The van der Waals surface area contributed by atoms with Crippen LogP contribution in [0.5, 0.6) is 0 Å². The van der Waals surface area contributed by atoms with Gasteiger partial charge in [0.15, 0.2) is 0 Å². The minimum absolute atomic E-state index is 0.165. The van der Waals surface area contributed by atoms with Crippen molar-refractivity contribution in [3.05, 3.63) is 12.1 Å². The van der Waals surface area contributed by atoms with Gasteiger partial charge in [-0.1, -0.05) is 6.92 Å². The van der Waals surface area contributed by atoms with E-state index in [2.05, 4.69) is 0 Å². The Morgan fingerprint density at radius 2 is 2.44 bits per heavy atom. The second kappa shape index (κ2) is 2.85. The molecular formula is C7H11FO. The lowest BCUT2D eigenvalue weighted by atomic mass is 10.4. The zero-order valence-corrected chi connectivity index (χ0v) is 5.56. The molecule has 9 heavy (non-hydrogen) atoms. The zero-order valence-electron chi connectivity index (χ0n) is 5.56. The first-order valence-electron chi connectivity index (χ1n) is 3.33. The number of hydrogen-bond donors (Lipinski definition) is 0. The Morgan fingerprint density at radius 1 is 1.78 bits per heavy atom. The quantitative estimate of drug-likeness (QED) is 0.533. The Kier molecular flexibility index (Phi) is 2.09. The molecule has 1 aliphatic rings. The molecule has 1 aliphatic carbocycles. The third-order valence-electron chi connectivity index (χ3n) is 1.25. The molecule has 1 nitrogen and oxygen atoms in total. The van der Waals surface area contributed by atoms with Crippen molar-refractivity contribution in [3.63, 3.8) is 0 Å². The Labute approximate surface area is 54.5 Å². The Morgan fingerprint density at radius 3 is 2.89 bits per heavy atom. The normalized spacial score (nSPS) is 20.0. The first-order valence-corrected chi connectivity index (χ1v) is 3.33. The van der Waals surface area contributed by atoms with Gasteiger partial charge in [-0.2, -0.15) is 0 Å². The van der Waals surface area contributed by atoms with Gasteiger partial charge in [0.05, 0.1) is 6.10 Å². The van der Waals surface area contributed by atoms with E-state index in [-0.39, 0.29) is 5.83 Å². The van der Waals surface area contributed by atoms with Crippen molar-refractivity contribution in [2.75, 3.05) is 0 Å². The van der Waals surface area contributed by atoms with Gasteiger partial charge in [-0.05, 0) is 19.3 Å². The summed E-state index contributed by atoms with van der Waals surface area (Å²) >= 11 is 0. The molecule has 1 rings (SSSR count). The second-order valence-corrected chi connectivity index (χ2v) is 2.25. The highest BCUT2D eigenvalue weighted by atomic mass is 19.1. The minimum Gasteiger partial charge on any atom is -0.495 e. The van der Waals surface area contributed by atoms with Crippen molar-refractivity contribution in [1.82, 2.24) is 0 Å². The van der Waals surface area contributed by atoms with E-state index in [1.807, 2.05) is 0 Å². The molecule has 0 N–H and O–H groups in total. The molecule has 1 saturated carbocycles. The molecule has 0 unspecified atom stereocenters. The maximum Gasteiger partial charge on any atom is 0.134 e. The summed E-state index contributed by atoms with van der Waals surface area (Å²) in [5.74, 6) is -0.165. The van der Waals surface area contributed by atoms with Gasteiger partial charge in [0.1, 0.15) is 12.1 Å². The Bertz CT molecular complexity index is 116. The first kappa shape index (κ1) is 6.59. The highest BCUT2D eigenvalue weighted by Crippen LogP contribution is 2.24. The highest BCUT2D eigenvalue weighted by molar-refractivity contribution is 4.86. The lowest BCUT2D eigenvalue weighted by Gasteiger charge is -1.94. The molecule has 0 spiro atoms. The van der Waals surface area contributed by atoms with Crippen LogP contribution in [0.1, 0.15) is 26.2 Å². The molecule has 0 atom stereocenters.